The topological polar surface area (TPSA) is 35.5 Å². The summed E-state index contributed by atoms with van der Waals surface area (Å²) in [6.45, 7) is 1.94. The molecule has 0 radical (unpaired) electrons. The first-order valence-electron chi connectivity index (χ1n) is 6.38. The summed E-state index contributed by atoms with van der Waals surface area (Å²) in [6.07, 6.45) is 3.10. The van der Waals surface area contributed by atoms with Gasteiger partial charge in [-0.15, -0.1) is 0 Å². The zero-order valence-corrected chi connectivity index (χ0v) is 13.4. The molecule has 0 amide bonds. The van der Waals surface area contributed by atoms with E-state index in [9.17, 15) is 4.79 Å². The van der Waals surface area contributed by atoms with Crippen LogP contribution < -0.4 is 9.47 Å². The molecule has 0 unspecified atom stereocenters. The molecule has 2 rings (SSSR count). The second kappa shape index (κ2) is 7.09. The van der Waals surface area contributed by atoms with Crippen LogP contribution in [-0.2, 0) is 4.79 Å². The van der Waals surface area contributed by atoms with Crippen LogP contribution in [0.3, 0.4) is 0 Å². The Balaban J connectivity index is 1.99. The predicted octanol–water partition coefficient (Wildman–Crippen LogP) is 4.38. The highest BCUT2D eigenvalue weighted by molar-refractivity contribution is 9.10. The van der Waals surface area contributed by atoms with E-state index in [1.54, 1.807) is 19.3 Å². The molecule has 0 aromatic heterocycles. The molecule has 0 saturated heterocycles. The molecule has 0 spiro atoms. The van der Waals surface area contributed by atoms with Gasteiger partial charge in [0, 0.05) is 10.5 Å². The summed E-state index contributed by atoms with van der Waals surface area (Å²) in [5, 5.41) is 0. The van der Waals surface area contributed by atoms with Crippen LogP contribution in [-0.4, -0.2) is 13.1 Å². The van der Waals surface area contributed by atoms with E-state index in [4.69, 9.17) is 9.47 Å². The van der Waals surface area contributed by atoms with Crippen LogP contribution in [0.4, 0.5) is 0 Å². The highest BCUT2D eigenvalue weighted by atomic mass is 79.9. The van der Waals surface area contributed by atoms with Crippen LogP contribution in [0, 0.1) is 6.92 Å². The molecule has 0 bridgehead atoms. The fourth-order valence-electron chi connectivity index (χ4n) is 1.71. The van der Waals surface area contributed by atoms with E-state index in [0.717, 1.165) is 21.3 Å². The van der Waals surface area contributed by atoms with Crippen molar-refractivity contribution in [2.24, 2.45) is 0 Å². The second-order valence-electron chi connectivity index (χ2n) is 4.44. The number of benzene rings is 2. The van der Waals surface area contributed by atoms with Crippen LogP contribution in [0.1, 0.15) is 11.1 Å². The van der Waals surface area contributed by atoms with Gasteiger partial charge in [0.1, 0.15) is 11.5 Å². The van der Waals surface area contributed by atoms with Gasteiger partial charge in [0.15, 0.2) is 0 Å². The molecular weight excluding hydrogens is 332 g/mol. The van der Waals surface area contributed by atoms with Crippen molar-refractivity contribution < 1.29 is 14.3 Å². The number of carbonyl (C=O) groups excluding carboxylic acids is 1. The first kappa shape index (κ1) is 15.3. The van der Waals surface area contributed by atoms with E-state index in [1.165, 1.54) is 6.08 Å². The smallest absolute Gasteiger partial charge is 0.336 e. The molecule has 108 valence electrons. The van der Waals surface area contributed by atoms with Crippen molar-refractivity contribution in [3.8, 4) is 11.5 Å². The van der Waals surface area contributed by atoms with Gasteiger partial charge in [-0.2, -0.15) is 0 Å². The minimum absolute atomic E-state index is 0.410. The number of ether oxygens (including phenoxy) is 2. The van der Waals surface area contributed by atoms with E-state index in [1.807, 2.05) is 43.3 Å². The molecule has 4 heteroatoms. The maximum atomic E-state index is 11.8. The van der Waals surface area contributed by atoms with Crippen LogP contribution in [0.5, 0.6) is 11.5 Å². The van der Waals surface area contributed by atoms with Gasteiger partial charge in [-0.1, -0.05) is 28.1 Å². The van der Waals surface area contributed by atoms with E-state index in [2.05, 4.69) is 15.9 Å². The molecule has 0 saturated carbocycles. The van der Waals surface area contributed by atoms with Gasteiger partial charge in [-0.25, -0.2) is 4.79 Å². The Hall–Kier alpha value is -2.07. The van der Waals surface area contributed by atoms with Crippen molar-refractivity contribution in [1.82, 2.24) is 0 Å². The molecule has 0 fully saturated rings. The Morgan fingerprint density at radius 3 is 2.38 bits per heavy atom. The lowest BCUT2D eigenvalue weighted by molar-refractivity contribution is -0.128. The van der Waals surface area contributed by atoms with Gasteiger partial charge < -0.3 is 9.47 Å². The molecule has 0 N–H and O–H groups in total. The van der Waals surface area contributed by atoms with Crippen LogP contribution >= 0.6 is 15.9 Å². The van der Waals surface area contributed by atoms with Gasteiger partial charge >= 0.3 is 5.97 Å². The summed E-state index contributed by atoms with van der Waals surface area (Å²) in [7, 11) is 1.61. The van der Waals surface area contributed by atoms with Gasteiger partial charge in [-0.05, 0) is 54.5 Å². The Kier molecular flexibility index (Phi) is 5.17. The van der Waals surface area contributed by atoms with Crippen LogP contribution in [0.25, 0.3) is 6.08 Å². The third-order valence-electron chi connectivity index (χ3n) is 2.88. The van der Waals surface area contributed by atoms with Gasteiger partial charge in [0.2, 0.25) is 0 Å². The number of aryl methyl sites for hydroxylation is 1. The number of rotatable bonds is 4. The highest BCUT2D eigenvalue weighted by Crippen LogP contribution is 2.21. The largest absolute Gasteiger partial charge is 0.497 e. The van der Waals surface area contributed by atoms with Crippen molar-refractivity contribution in [1.29, 1.82) is 0 Å². The monoisotopic (exact) mass is 346 g/mol. The zero-order valence-electron chi connectivity index (χ0n) is 11.8. The molecule has 0 atom stereocenters. The maximum Gasteiger partial charge on any atom is 0.336 e. The lowest BCUT2D eigenvalue weighted by Crippen LogP contribution is -2.03. The first-order valence-corrected chi connectivity index (χ1v) is 7.18. The quantitative estimate of drug-likeness (QED) is 0.468. The summed E-state index contributed by atoms with van der Waals surface area (Å²) in [4.78, 5) is 11.8. The summed E-state index contributed by atoms with van der Waals surface area (Å²) >= 11 is 3.40. The van der Waals surface area contributed by atoms with Crippen molar-refractivity contribution in [2.45, 2.75) is 6.92 Å². The third-order valence-corrected chi connectivity index (χ3v) is 3.77. The van der Waals surface area contributed by atoms with Crippen LogP contribution in [0.15, 0.2) is 53.0 Å². The summed E-state index contributed by atoms with van der Waals surface area (Å²) in [6, 6.07) is 12.8. The summed E-state index contributed by atoms with van der Waals surface area (Å²) in [5.74, 6) is 0.896. The minimum atomic E-state index is -0.410. The molecule has 21 heavy (non-hydrogen) atoms. The molecule has 2 aromatic carbocycles. The van der Waals surface area contributed by atoms with E-state index >= 15 is 0 Å². The predicted molar refractivity (Wildman–Crippen MR) is 86.5 cm³/mol. The van der Waals surface area contributed by atoms with E-state index < -0.39 is 5.97 Å². The van der Waals surface area contributed by atoms with E-state index in [0.29, 0.717) is 5.75 Å². The molecule has 0 aliphatic carbocycles. The third kappa shape index (κ3) is 4.46. The van der Waals surface area contributed by atoms with E-state index in [-0.39, 0.29) is 0 Å². The Labute approximate surface area is 132 Å². The normalized spacial score (nSPS) is 10.6. The van der Waals surface area contributed by atoms with Crippen molar-refractivity contribution in [2.75, 3.05) is 7.11 Å². The van der Waals surface area contributed by atoms with Gasteiger partial charge in [0.05, 0.1) is 7.11 Å². The highest BCUT2D eigenvalue weighted by Gasteiger charge is 2.02. The lowest BCUT2D eigenvalue weighted by Gasteiger charge is -2.04. The fourth-order valence-corrected chi connectivity index (χ4v) is 1.96. The standard InChI is InChI=1S/C17H15BrO3/c1-12-11-15(8-9-16(12)18)21-17(19)10-5-13-3-6-14(20-2)7-4-13/h3-11H,1-2H3/b10-5+. The molecule has 2 aromatic rings. The minimum Gasteiger partial charge on any atom is -0.497 e. The number of carbonyl (C=O) groups is 1. The number of hydrogen-bond acceptors (Lipinski definition) is 3. The average Bonchev–Trinajstić information content (AvgIpc) is 2.49. The SMILES string of the molecule is COc1ccc(/C=C/C(=O)Oc2ccc(Br)c(C)c2)cc1. The first-order chi connectivity index (χ1) is 10.1. The molecule has 0 heterocycles. The fraction of sp³-hybridized carbons (Fsp3) is 0.118. The molecule has 0 aliphatic rings. The number of esters is 1. The van der Waals surface area contributed by atoms with Crippen molar-refractivity contribution in [3.05, 3.63) is 64.1 Å². The number of hydrogen-bond donors (Lipinski definition) is 0. The molecule has 3 nitrogen and oxygen atoms in total. The number of methoxy groups -OCH3 is 1. The zero-order chi connectivity index (χ0) is 15.2. The Morgan fingerprint density at radius 1 is 1.10 bits per heavy atom. The Morgan fingerprint density at radius 2 is 1.76 bits per heavy atom. The lowest BCUT2D eigenvalue weighted by atomic mass is 10.2. The van der Waals surface area contributed by atoms with Gasteiger partial charge in [0.25, 0.3) is 0 Å². The second-order valence-corrected chi connectivity index (χ2v) is 5.29. The van der Waals surface area contributed by atoms with Crippen molar-refractivity contribution in [3.63, 3.8) is 0 Å². The summed E-state index contributed by atoms with van der Waals surface area (Å²) in [5.41, 5.74) is 1.92. The summed E-state index contributed by atoms with van der Waals surface area (Å²) < 4.78 is 11.3. The van der Waals surface area contributed by atoms with Crippen molar-refractivity contribution >= 4 is 28.0 Å². The molecular formula is C17H15BrO3. The molecule has 0 aliphatic heterocycles. The Bertz CT molecular complexity index is 660. The van der Waals surface area contributed by atoms with Crippen LogP contribution in [0.2, 0.25) is 0 Å². The maximum absolute atomic E-state index is 11.8. The van der Waals surface area contributed by atoms with Gasteiger partial charge in [-0.3, -0.25) is 0 Å². The average molecular weight is 347 g/mol. The number of halogens is 1.